The van der Waals surface area contributed by atoms with Gasteiger partial charge in [-0.25, -0.2) is 9.18 Å². The fourth-order valence-electron chi connectivity index (χ4n) is 1.98. The minimum Gasteiger partial charge on any atom is -0.421 e. The van der Waals surface area contributed by atoms with Crippen LogP contribution in [0.15, 0.2) is 62.2 Å². The molecule has 0 unspecified atom stereocenters. The number of fused-ring (bicyclic) bond motifs is 1. The molecule has 6 heteroatoms. The Morgan fingerprint density at radius 1 is 1.09 bits per heavy atom. The predicted octanol–water partition coefficient (Wildman–Crippen LogP) is 3.95. The van der Waals surface area contributed by atoms with Gasteiger partial charge in [0.2, 0.25) is 0 Å². The number of hydrogen-bond acceptors (Lipinski definition) is 3. The lowest BCUT2D eigenvalue weighted by molar-refractivity contribution is 0.102. The van der Waals surface area contributed by atoms with Crippen LogP contribution in [0.25, 0.3) is 11.0 Å². The maximum atomic E-state index is 12.9. The average Bonchev–Trinajstić information content (AvgIpc) is 2.49. The first-order chi connectivity index (χ1) is 10.5. The number of nitrogens with one attached hydrogen (secondary N) is 1. The standard InChI is InChI=1S/C16H9BrFNO3/c17-11-3-6-14-10(7-11)8-13(16(21)22-14)19-15(20)9-1-4-12(18)5-2-9/h1-8H,(H,19,20). The van der Waals surface area contributed by atoms with Crippen molar-refractivity contribution in [3.05, 3.63) is 74.8 Å². The molecule has 3 aromatic rings. The zero-order chi connectivity index (χ0) is 15.7. The van der Waals surface area contributed by atoms with E-state index in [0.717, 1.165) is 4.47 Å². The van der Waals surface area contributed by atoms with E-state index in [0.29, 0.717) is 11.0 Å². The highest BCUT2D eigenvalue weighted by molar-refractivity contribution is 9.10. The van der Waals surface area contributed by atoms with Crippen LogP contribution in [0.3, 0.4) is 0 Å². The van der Waals surface area contributed by atoms with Gasteiger partial charge in [-0.1, -0.05) is 15.9 Å². The van der Waals surface area contributed by atoms with E-state index >= 15 is 0 Å². The van der Waals surface area contributed by atoms with Gasteiger partial charge in [0.25, 0.3) is 5.91 Å². The molecule has 0 radical (unpaired) electrons. The summed E-state index contributed by atoms with van der Waals surface area (Å²) in [5.41, 5.74) is 0.0494. The zero-order valence-electron chi connectivity index (χ0n) is 11.1. The minimum absolute atomic E-state index is 0.0277. The van der Waals surface area contributed by atoms with Crippen LogP contribution in [0, 0.1) is 5.82 Å². The summed E-state index contributed by atoms with van der Waals surface area (Å²) in [4.78, 5) is 23.9. The summed E-state index contributed by atoms with van der Waals surface area (Å²) in [6, 6.07) is 11.7. The number of carbonyl (C=O) groups excluding carboxylic acids is 1. The van der Waals surface area contributed by atoms with Crippen molar-refractivity contribution < 1.29 is 13.6 Å². The smallest absolute Gasteiger partial charge is 0.360 e. The number of benzene rings is 2. The first-order valence-electron chi connectivity index (χ1n) is 6.33. The minimum atomic E-state index is -0.648. The number of carbonyl (C=O) groups is 1. The molecule has 0 aliphatic rings. The molecule has 4 nitrogen and oxygen atoms in total. The van der Waals surface area contributed by atoms with Crippen LogP contribution in [0.4, 0.5) is 10.1 Å². The molecule has 0 atom stereocenters. The van der Waals surface area contributed by atoms with Crippen molar-refractivity contribution in [1.29, 1.82) is 0 Å². The van der Waals surface area contributed by atoms with E-state index in [2.05, 4.69) is 21.2 Å². The van der Waals surface area contributed by atoms with Gasteiger partial charge in [0.05, 0.1) is 0 Å². The molecule has 2 aromatic carbocycles. The second-order valence-corrected chi connectivity index (χ2v) is 5.51. The van der Waals surface area contributed by atoms with Gasteiger partial charge in [0.1, 0.15) is 17.1 Å². The molecule has 1 N–H and O–H groups in total. The summed E-state index contributed by atoms with van der Waals surface area (Å²) in [5.74, 6) is -0.951. The highest BCUT2D eigenvalue weighted by Gasteiger charge is 2.11. The summed E-state index contributed by atoms with van der Waals surface area (Å²) < 4.78 is 18.8. The molecule has 0 aliphatic carbocycles. The van der Waals surface area contributed by atoms with Crippen LogP contribution >= 0.6 is 15.9 Å². The van der Waals surface area contributed by atoms with Crippen LogP contribution < -0.4 is 10.9 Å². The Labute approximate surface area is 132 Å². The number of anilines is 1. The van der Waals surface area contributed by atoms with Gasteiger partial charge >= 0.3 is 5.63 Å². The van der Waals surface area contributed by atoms with Crippen LogP contribution in [0.2, 0.25) is 0 Å². The van der Waals surface area contributed by atoms with Crippen molar-refractivity contribution in [2.24, 2.45) is 0 Å². The van der Waals surface area contributed by atoms with E-state index in [-0.39, 0.29) is 11.3 Å². The van der Waals surface area contributed by atoms with E-state index in [1.807, 2.05) is 0 Å². The fraction of sp³-hybridized carbons (Fsp3) is 0. The van der Waals surface area contributed by atoms with Crippen molar-refractivity contribution in [1.82, 2.24) is 0 Å². The van der Waals surface area contributed by atoms with Gasteiger partial charge in [-0.15, -0.1) is 0 Å². The third-order valence-electron chi connectivity index (χ3n) is 3.05. The van der Waals surface area contributed by atoms with Gasteiger partial charge in [0, 0.05) is 15.4 Å². The zero-order valence-corrected chi connectivity index (χ0v) is 12.7. The Balaban J connectivity index is 1.96. The molecule has 0 saturated carbocycles. The van der Waals surface area contributed by atoms with Crippen molar-refractivity contribution >= 4 is 38.5 Å². The van der Waals surface area contributed by atoms with E-state index in [1.165, 1.54) is 30.3 Å². The summed E-state index contributed by atoms with van der Waals surface area (Å²) in [6.07, 6.45) is 0. The molecule has 0 saturated heterocycles. The van der Waals surface area contributed by atoms with Gasteiger partial charge < -0.3 is 9.73 Å². The molecule has 110 valence electrons. The van der Waals surface area contributed by atoms with Crippen LogP contribution in [-0.2, 0) is 0 Å². The van der Waals surface area contributed by atoms with Crippen molar-refractivity contribution in [2.45, 2.75) is 0 Å². The molecule has 0 fully saturated rings. The van der Waals surface area contributed by atoms with E-state index in [1.54, 1.807) is 18.2 Å². The summed E-state index contributed by atoms with van der Waals surface area (Å²) in [6.45, 7) is 0. The summed E-state index contributed by atoms with van der Waals surface area (Å²) in [7, 11) is 0. The molecule has 1 heterocycles. The lowest BCUT2D eigenvalue weighted by atomic mass is 10.2. The quantitative estimate of drug-likeness (QED) is 0.703. The van der Waals surface area contributed by atoms with E-state index in [9.17, 15) is 14.0 Å². The molecule has 1 aromatic heterocycles. The van der Waals surface area contributed by atoms with E-state index < -0.39 is 17.3 Å². The SMILES string of the molecule is O=C(Nc1cc2cc(Br)ccc2oc1=O)c1ccc(F)cc1. The third-order valence-corrected chi connectivity index (χ3v) is 3.54. The normalized spacial score (nSPS) is 10.6. The number of rotatable bonds is 2. The largest absolute Gasteiger partial charge is 0.421 e. The molecule has 1 amide bonds. The second-order valence-electron chi connectivity index (χ2n) is 4.59. The van der Waals surface area contributed by atoms with Crippen molar-refractivity contribution in [3.8, 4) is 0 Å². The lowest BCUT2D eigenvalue weighted by Gasteiger charge is -2.05. The Kier molecular flexibility index (Phi) is 3.77. The van der Waals surface area contributed by atoms with Crippen LogP contribution in [0.1, 0.15) is 10.4 Å². The topological polar surface area (TPSA) is 59.3 Å². The van der Waals surface area contributed by atoms with Gasteiger partial charge in [-0.05, 0) is 48.5 Å². The maximum Gasteiger partial charge on any atom is 0.360 e. The molecule has 0 bridgehead atoms. The molecule has 0 spiro atoms. The summed E-state index contributed by atoms with van der Waals surface area (Å²) in [5, 5.41) is 3.14. The number of amides is 1. The molecular formula is C16H9BrFNO3. The van der Waals surface area contributed by atoms with Crippen LogP contribution in [0.5, 0.6) is 0 Å². The van der Waals surface area contributed by atoms with Gasteiger partial charge in [0.15, 0.2) is 0 Å². The third kappa shape index (κ3) is 2.92. The Morgan fingerprint density at radius 3 is 2.55 bits per heavy atom. The molecule has 3 rings (SSSR count). The summed E-state index contributed by atoms with van der Waals surface area (Å²) >= 11 is 3.33. The van der Waals surface area contributed by atoms with Gasteiger partial charge in [-0.3, -0.25) is 4.79 Å². The molecule has 22 heavy (non-hydrogen) atoms. The highest BCUT2D eigenvalue weighted by atomic mass is 79.9. The van der Waals surface area contributed by atoms with Gasteiger partial charge in [-0.2, -0.15) is 0 Å². The maximum absolute atomic E-state index is 12.9. The molecular weight excluding hydrogens is 353 g/mol. The predicted molar refractivity (Wildman–Crippen MR) is 84.5 cm³/mol. The monoisotopic (exact) mass is 361 g/mol. The number of hydrogen-bond donors (Lipinski definition) is 1. The second kappa shape index (κ2) is 5.73. The van der Waals surface area contributed by atoms with Crippen molar-refractivity contribution in [3.63, 3.8) is 0 Å². The first kappa shape index (κ1) is 14.5. The van der Waals surface area contributed by atoms with E-state index in [4.69, 9.17) is 4.42 Å². The van der Waals surface area contributed by atoms with Crippen molar-refractivity contribution in [2.75, 3.05) is 5.32 Å². The first-order valence-corrected chi connectivity index (χ1v) is 7.12. The Morgan fingerprint density at radius 2 is 1.82 bits per heavy atom. The Bertz CT molecular complexity index is 919. The average molecular weight is 362 g/mol. The number of halogens is 2. The lowest BCUT2D eigenvalue weighted by Crippen LogP contribution is -2.17. The Hall–Kier alpha value is -2.47. The molecule has 0 aliphatic heterocycles. The highest BCUT2D eigenvalue weighted by Crippen LogP contribution is 2.21. The van der Waals surface area contributed by atoms with Crippen LogP contribution in [-0.4, -0.2) is 5.91 Å². The fourth-order valence-corrected chi connectivity index (χ4v) is 2.36.